The zero-order valence-electron chi connectivity index (χ0n) is 11.5. The van der Waals surface area contributed by atoms with Gasteiger partial charge in [0.2, 0.25) is 0 Å². The number of hydrogen-bond acceptors (Lipinski definition) is 3. The van der Waals surface area contributed by atoms with E-state index in [9.17, 15) is 0 Å². The fourth-order valence-electron chi connectivity index (χ4n) is 2.01. The van der Waals surface area contributed by atoms with Crippen LogP contribution in [0, 0.1) is 0 Å². The van der Waals surface area contributed by atoms with E-state index in [1.807, 2.05) is 24.3 Å². The van der Waals surface area contributed by atoms with Crippen molar-refractivity contribution in [3.8, 4) is 5.75 Å². The highest BCUT2D eigenvalue weighted by Crippen LogP contribution is 2.26. The average Bonchev–Trinajstić information content (AvgIpc) is 3.30. The number of halogens is 2. The van der Waals surface area contributed by atoms with Gasteiger partial charge in [-0.25, -0.2) is 0 Å². The molecule has 1 aliphatic rings. The molecule has 0 saturated heterocycles. The van der Waals surface area contributed by atoms with Gasteiger partial charge in [0, 0.05) is 33.3 Å². The minimum atomic E-state index is 0.478. The van der Waals surface area contributed by atoms with Crippen molar-refractivity contribution in [1.82, 2.24) is 10.3 Å². The zero-order valence-corrected chi connectivity index (χ0v) is 14.7. The number of aromatic nitrogens is 1. The fraction of sp³-hybridized carbons (Fsp3) is 0.312. The van der Waals surface area contributed by atoms with Crippen molar-refractivity contribution in [1.29, 1.82) is 0 Å². The maximum Gasteiger partial charge on any atom is 0.130 e. The summed E-state index contributed by atoms with van der Waals surface area (Å²) < 4.78 is 7.98. The molecule has 1 fully saturated rings. The van der Waals surface area contributed by atoms with Gasteiger partial charge in [-0.3, -0.25) is 4.98 Å². The lowest BCUT2D eigenvalue weighted by Crippen LogP contribution is -2.16. The lowest BCUT2D eigenvalue weighted by atomic mass is 10.2. The molecular formula is C16H16Br2N2O. The monoisotopic (exact) mass is 410 g/mol. The van der Waals surface area contributed by atoms with E-state index in [0.29, 0.717) is 12.6 Å². The van der Waals surface area contributed by atoms with Gasteiger partial charge in [0.15, 0.2) is 0 Å². The Balaban J connectivity index is 1.66. The van der Waals surface area contributed by atoms with E-state index in [1.165, 1.54) is 18.4 Å². The third-order valence-electron chi connectivity index (χ3n) is 3.35. The van der Waals surface area contributed by atoms with Crippen molar-refractivity contribution in [2.45, 2.75) is 32.0 Å². The second-order valence-electron chi connectivity index (χ2n) is 5.16. The van der Waals surface area contributed by atoms with Crippen molar-refractivity contribution in [2.24, 2.45) is 0 Å². The first kappa shape index (κ1) is 15.0. The van der Waals surface area contributed by atoms with Crippen LogP contribution in [-0.2, 0) is 13.2 Å². The van der Waals surface area contributed by atoms with Gasteiger partial charge in [-0.2, -0.15) is 0 Å². The highest BCUT2D eigenvalue weighted by atomic mass is 79.9. The SMILES string of the molecule is Brc1ccc(COc2ccc(Br)cc2CNC2CC2)nc1. The minimum Gasteiger partial charge on any atom is -0.487 e. The summed E-state index contributed by atoms with van der Waals surface area (Å²) >= 11 is 6.91. The van der Waals surface area contributed by atoms with Crippen LogP contribution in [0.1, 0.15) is 24.1 Å². The molecule has 0 spiro atoms. The van der Waals surface area contributed by atoms with Crippen LogP contribution in [0.2, 0.25) is 0 Å². The third kappa shape index (κ3) is 4.53. The van der Waals surface area contributed by atoms with Crippen LogP contribution in [0.4, 0.5) is 0 Å². The van der Waals surface area contributed by atoms with Crippen molar-refractivity contribution in [3.05, 3.63) is 56.7 Å². The molecule has 2 aromatic rings. The van der Waals surface area contributed by atoms with E-state index in [1.54, 1.807) is 6.20 Å². The van der Waals surface area contributed by atoms with Crippen LogP contribution < -0.4 is 10.1 Å². The zero-order chi connectivity index (χ0) is 14.7. The van der Waals surface area contributed by atoms with E-state index in [4.69, 9.17) is 4.74 Å². The maximum atomic E-state index is 5.93. The molecule has 3 rings (SSSR count). The van der Waals surface area contributed by atoms with Gasteiger partial charge < -0.3 is 10.1 Å². The number of benzene rings is 1. The van der Waals surface area contributed by atoms with Crippen LogP contribution in [0.15, 0.2) is 45.5 Å². The second-order valence-corrected chi connectivity index (χ2v) is 6.99. The Kier molecular flexibility index (Phi) is 4.93. The van der Waals surface area contributed by atoms with Crippen molar-refractivity contribution in [3.63, 3.8) is 0 Å². The van der Waals surface area contributed by atoms with E-state index < -0.39 is 0 Å². The summed E-state index contributed by atoms with van der Waals surface area (Å²) in [6.07, 6.45) is 4.36. The molecule has 1 aliphatic carbocycles. The molecular weight excluding hydrogens is 396 g/mol. The van der Waals surface area contributed by atoms with Crippen LogP contribution in [-0.4, -0.2) is 11.0 Å². The van der Waals surface area contributed by atoms with Gasteiger partial charge >= 0.3 is 0 Å². The molecule has 0 aliphatic heterocycles. The summed E-state index contributed by atoms with van der Waals surface area (Å²) in [5, 5.41) is 3.52. The number of nitrogens with one attached hydrogen (secondary N) is 1. The first-order valence-electron chi connectivity index (χ1n) is 6.96. The first-order chi connectivity index (χ1) is 10.2. The van der Waals surface area contributed by atoms with Crippen molar-refractivity contribution < 1.29 is 4.74 Å². The predicted molar refractivity (Wildman–Crippen MR) is 90.3 cm³/mol. The maximum absolute atomic E-state index is 5.93. The smallest absolute Gasteiger partial charge is 0.130 e. The minimum absolute atomic E-state index is 0.478. The lowest BCUT2D eigenvalue weighted by molar-refractivity contribution is 0.297. The Bertz CT molecular complexity index is 612. The number of rotatable bonds is 6. The second kappa shape index (κ2) is 6.90. The summed E-state index contributed by atoms with van der Waals surface area (Å²) in [7, 11) is 0. The fourth-order valence-corrected chi connectivity index (χ4v) is 2.66. The van der Waals surface area contributed by atoms with E-state index >= 15 is 0 Å². The van der Waals surface area contributed by atoms with Crippen LogP contribution in [0.3, 0.4) is 0 Å². The molecule has 0 atom stereocenters. The van der Waals surface area contributed by atoms with Gasteiger partial charge in [-0.15, -0.1) is 0 Å². The largest absolute Gasteiger partial charge is 0.487 e. The molecule has 3 nitrogen and oxygen atoms in total. The lowest BCUT2D eigenvalue weighted by Gasteiger charge is -2.12. The Morgan fingerprint density at radius 1 is 1.14 bits per heavy atom. The molecule has 21 heavy (non-hydrogen) atoms. The van der Waals surface area contributed by atoms with Crippen LogP contribution in [0.25, 0.3) is 0 Å². The standard InChI is InChI=1S/C16H16Br2N2O/c17-12-2-6-16(11(7-12)8-19-14-4-5-14)21-10-15-3-1-13(18)9-20-15/h1-3,6-7,9,14,19H,4-5,8,10H2. The highest BCUT2D eigenvalue weighted by molar-refractivity contribution is 9.10. The van der Waals surface area contributed by atoms with Crippen molar-refractivity contribution >= 4 is 31.9 Å². The third-order valence-corrected chi connectivity index (χ3v) is 4.31. The van der Waals surface area contributed by atoms with Crippen LogP contribution >= 0.6 is 31.9 Å². The number of pyridine rings is 1. The topological polar surface area (TPSA) is 34.1 Å². The number of hydrogen-bond donors (Lipinski definition) is 1. The Hall–Kier alpha value is -0.910. The molecule has 5 heteroatoms. The number of nitrogens with zero attached hydrogens (tertiary/aromatic N) is 1. The van der Waals surface area contributed by atoms with Gasteiger partial charge in [-0.1, -0.05) is 15.9 Å². The summed E-state index contributed by atoms with van der Waals surface area (Å²) in [4.78, 5) is 4.33. The summed E-state index contributed by atoms with van der Waals surface area (Å²) in [5.41, 5.74) is 2.09. The summed E-state index contributed by atoms with van der Waals surface area (Å²) in [5.74, 6) is 0.913. The molecule has 0 unspecified atom stereocenters. The molecule has 0 amide bonds. The summed E-state index contributed by atoms with van der Waals surface area (Å²) in [6.45, 7) is 1.32. The molecule has 1 N–H and O–H groups in total. The predicted octanol–water partition coefficient (Wildman–Crippen LogP) is 4.44. The Labute approximate surface area is 141 Å². The van der Waals surface area contributed by atoms with Gasteiger partial charge in [0.1, 0.15) is 12.4 Å². The van der Waals surface area contributed by atoms with Crippen LogP contribution in [0.5, 0.6) is 5.75 Å². The van der Waals surface area contributed by atoms with Gasteiger partial charge in [0.05, 0.1) is 5.69 Å². The van der Waals surface area contributed by atoms with Gasteiger partial charge in [-0.05, 0) is 59.1 Å². The number of ether oxygens (including phenoxy) is 1. The Morgan fingerprint density at radius 3 is 2.67 bits per heavy atom. The molecule has 1 aromatic carbocycles. The molecule has 0 radical (unpaired) electrons. The first-order valence-corrected chi connectivity index (χ1v) is 8.54. The summed E-state index contributed by atoms with van der Waals surface area (Å²) in [6, 6.07) is 10.7. The molecule has 1 saturated carbocycles. The van der Waals surface area contributed by atoms with E-state index in [-0.39, 0.29) is 0 Å². The van der Waals surface area contributed by atoms with Gasteiger partial charge in [0.25, 0.3) is 0 Å². The molecule has 1 aromatic heterocycles. The average molecular weight is 412 g/mol. The molecule has 110 valence electrons. The molecule has 1 heterocycles. The quantitative estimate of drug-likeness (QED) is 0.762. The van der Waals surface area contributed by atoms with E-state index in [2.05, 4.69) is 48.2 Å². The molecule has 0 bridgehead atoms. The van der Waals surface area contributed by atoms with E-state index in [0.717, 1.165) is 26.9 Å². The highest BCUT2D eigenvalue weighted by Gasteiger charge is 2.20. The van der Waals surface area contributed by atoms with Crippen molar-refractivity contribution in [2.75, 3.05) is 0 Å². The normalized spacial score (nSPS) is 14.2. The Morgan fingerprint density at radius 2 is 1.95 bits per heavy atom.